The number of rotatable bonds is 4. The lowest BCUT2D eigenvalue weighted by Crippen LogP contribution is -2.24. The van der Waals surface area contributed by atoms with Crippen molar-refractivity contribution < 1.29 is 4.79 Å². The molecule has 0 aliphatic carbocycles. The molecule has 84 valence electrons. The molecule has 0 fully saturated rings. The highest BCUT2D eigenvalue weighted by molar-refractivity contribution is 7.11. The summed E-state index contributed by atoms with van der Waals surface area (Å²) in [4.78, 5) is 17.6. The van der Waals surface area contributed by atoms with Gasteiger partial charge in [0.2, 0.25) is 0 Å². The van der Waals surface area contributed by atoms with Crippen LogP contribution >= 0.6 is 11.3 Å². The van der Waals surface area contributed by atoms with Crippen LogP contribution in [0.3, 0.4) is 0 Å². The molecule has 0 N–H and O–H groups in total. The van der Waals surface area contributed by atoms with Crippen LogP contribution in [0.4, 0.5) is 0 Å². The van der Waals surface area contributed by atoms with E-state index in [1.807, 2.05) is 27.7 Å². The van der Waals surface area contributed by atoms with E-state index in [4.69, 9.17) is 0 Å². The molecule has 0 bridgehead atoms. The molecular weight excluding hydrogens is 206 g/mol. The molecule has 0 aliphatic rings. The minimum absolute atomic E-state index is 0.215. The molecule has 0 unspecified atom stereocenters. The van der Waals surface area contributed by atoms with Gasteiger partial charge in [-0.3, -0.25) is 4.79 Å². The number of Topliss-reactive ketones (excluding diaryl/α,β-unsaturated/α-hetero) is 1. The van der Waals surface area contributed by atoms with Crippen LogP contribution in [0, 0.1) is 19.3 Å². The molecule has 1 aromatic rings. The van der Waals surface area contributed by atoms with Crippen molar-refractivity contribution in [3.63, 3.8) is 0 Å². The van der Waals surface area contributed by atoms with Crippen molar-refractivity contribution in [2.24, 2.45) is 5.41 Å². The minimum Gasteiger partial charge on any atom is -0.299 e. The smallest absolute Gasteiger partial charge is 0.145 e. The second-order valence-corrected chi connectivity index (χ2v) is 5.87. The number of aromatic nitrogens is 1. The fourth-order valence-corrected chi connectivity index (χ4v) is 2.12. The molecule has 2 nitrogen and oxygen atoms in total. The highest BCUT2D eigenvalue weighted by Gasteiger charge is 2.25. The van der Waals surface area contributed by atoms with E-state index in [2.05, 4.69) is 11.9 Å². The van der Waals surface area contributed by atoms with Crippen LogP contribution in [0.25, 0.3) is 0 Å². The summed E-state index contributed by atoms with van der Waals surface area (Å²) in [6, 6.07) is 0. The number of thiazole rings is 1. The van der Waals surface area contributed by atoms with Gasteiger partial charge < -0.3 is 0 Å². The second kappa shape index (κ2) is 4.44. The lowest BCUT2D eigenvalue weighted by atomic mass is 9.84. The van der Waals surface area contributed by atoms with Gasteiger partial charge in [-0.05, 0) is 20.3 Å². The molecule has 0 amide bonds. The fourth-order valence-electron chi connectivity index (χ4n) is 1.19. The normalized spacial score (nSPS) is 11.8. The summed E-state index contributed by atoms with van der Waals surface area (Å²) in [6.07, 6.45) is 1.37. The van der Waals surface area contributed by atoms with Gasteiger partial charge in [-0.15, -0.1) is 11.3 Å². The number of hydrogen-bond donors (Lipinski definition) is 0. The maximum atomic E-state index is 12.0. The maximum absolute atomic E-state index is 12.0. The van der Waals surface area contributed by atoms with Gasteiger partial charge in [-0.25, -0.2) is 4.98 Å². The molecule has 3 heteroatoms. The standard InChI is InChI=1S/C12H19NOS/c1-6-12(4,5)10(14)7-11-13-8(2)9(3)15-11/h6-7H2,1-5H3. The highest BCUT2D eigenvalue weighted by Crippen LogP contribution is 2.25. The van der Waals surface area contributed by atoms with E-state index in [1.54, 1.807) is 11.3 Å². The van der Waals surface area contributed by atoms with Crippen LogP contribution in [-0.2, 0) is 11.2 Å². The Balaban J connectivity index is 2.75. The average Bonchev–Trinajstić information content (AvgIpc) is 2.46. The van der Waals surface area contributed by atoms with E-state index in [9.17, 15) is 4.79 Å². The molecule has 0 aromatic carbocycles. The first-order chi connectivity index (χ1) is 6.86. The minimum atomic E-state index is -0.215. The Labute approximate surface area is 95.7 Å². The summed E-state index contributed by atoms with van der Waals surface area (Å²) in [5.41, 5.74) is 0.838. The maximum Gasteiger partial charge on any atom is 0.145 e. The number of hydrogen-bond acceptors (Lipinski definition) is 3. The molecule has 0 saturated heterocycles. The molecule has 0 atom stereocenters. The number of ketones is 1. The van der Waals surface area contributed by atoms with E-state index in [-0.39, 0.29) is 5.41 Å². The van der Waals surface area contributed by atoms with E-state index in [0.29, 0.717) is 12.2 Å². The third kappa shape index (κ3) is 2.88. The van der Waals surface area contributed by atoms with Gasteiger partial charge in [0.1, 0.15) is 10.8 Å². The third-order valence-corrected chi connectivity index (χ3v) is 4.10. The molecule has 0 aliphatic heterocycles. The summed E-state index contributed by atoms with van der Waals surface area (Å²) in [6.45, 7) is 10.1. The zero-order chi connectivity index (χ0) is 11.6. The first-order valence-corrected chi connectivity index (χ1v) is 6.14. The Morgan fingerprint density at radius 1 is 1.40 bits per heavy atom. The Kier molecular flexibility index (Phi) is 3.66. The summed E-state index contributed by atoms with van der Waals surface area (Å²) < 4.78 is 0. The van der Waals surface area contributed by atoms with Crippen molar-refractivity contribution in [1.29, 1.82) is 0 Å². The van der Waals surface area contributed by atoms with Crippen molar-refractivity contribution in [1.82, 2.24) is 4.98 Å². The summed E-state index contributed by atoms with van der Waals surface area (Å²) in [5.74, 6) is 0.291. The van der Waals surface area contributed by atoms with E-state index < -0.39 is 0 Å². The van der Waals surface area contributed by atoms with Crippen LogP contribution in [-0.4, -0.2) is 10.8 Å². The predicted octanol–water partition coefficient (Wildman–Crippen LogP) is 3.31. The molecule has 1 rings (SSSR count). The second-order valence-electron chi connectivity index (χ2n) is 4.59. The summed E-state index contributed by atoms with van der Waals surface area (Å²) in [5, 5.41) is 0.955. The van der Waals surface area contributed by atoms with Crippen LogP contribution in [0.1, 0.15) is 42.8 Å². The van der Waals surface area contributed by atoms with E-state index in [1.165, 1.54) is 4.88 Å². The zero-order valence-electron chi connectivity index (χ0n) is 10.2. The van der Waals surface area contributed by atoms with Gasteiger partial charge in [0.15, 0.2) is 0 Å². The van der Waals surface area contributed by atoms with Gasteiger partial charge in [-0.2, -0.15) is 0 Å². The van der Waals surface area contributed by atoms with Gasteiger partial charge >= 0.3 is 0 Å². The molecule has 0 radical (unpaired) electrons. The molecular formula is C12H19NOS. The van der Waals surface area contributed by atoms with E-state index >= 15 is 0 Å². The van der Waals surface area contributed by atoms with Crippen molar-refractivity contribution >= 4 is 17.1 Å². The third-order valence-electron chi connectivity index (χ3n) is 3.02. The summed E-state index contributed by atoms with van der Waals surface area (Å²) in [7, 11) is 0. The molecule has 0 spiro atoms. The SMILES string of the molecule is CCC(C)(C)C(=O)Cc1nc(C)c(C)s1. The molecule has 1 aromatic heterocycles. The fraction of sp³-hybridized carbons (Fsp3) is 0.667. The van der Waals surface area contributed by atoms with Crippen molar-refractivity contribution in [2.45, 2.75) is 47.5 Å². The van der Waals surface area contributed by atoms with Crippen LogP contribution < -0.4 is 0 Å². The Hall–Kier alpha value is -0.700. The van der Waals surface area contributed by atoms with E-state index in [0.717, 1.165) is 17.1 Å². The van der Waals surface area contributed by atoms with Crippen LogP contribution in [0.5, 0.6) is 0 Å². The number of aryl methyl sites for hydroxylation is 2. The molecule has 1 heterocycles. The molecule has 15 heavy (non-hydrogen) atoms. The van der Waals surface area contributed by atoms with Crippen molar-refractivity contribution in [2.75, 3.05) is 0 Å². The first-order valence-electron chi connectivity index (χ1n) is 5.33. The van der Waals surface area contributed by atoms with Gasteiger partial charge in [0, 0.05) is 10.3 Å². The topological polar surface area (TPSA) is 30.0 Å². The highest BCUT2D eigenvalue weighted by atomic mass is 32.1. The van der Waals surface area contributed by atoms with Gasteiger partial charge in [0.05, 0.1) is 12.1 Å². The van der Waals surface area contributed by atoms with Gasteiger partial charge in [0.25, 0.3) is 0 Å². The van der Waals surface area contributed by atoms with Crippen LogP contribution in [0.15, 0.2) is 0 Å². The Bertz CT molecular complexity index is 346. The van der Waals surface area contributed by atoms with Crippen LogP contribution in [0.2, 0.25) is 0 Å². The predicted molar refractivity (Wildman–Crippen MR) is 64.4 cm³/mol. The Morgan fingerprint density at radius 3 is 2.40 bits per heavy atom. The first kappa shape index (κ1) is 12.4. The van der Waals surface area contributed by atoms with Crippen molar-refractivity contribution in [3.8, 4) is 0 Å². The summed E-state index contributed by atoms with van der Waals surface area (Å²) >= 11 is 1.64. The number of carbonyl (C=O) groups is 1. The lowest BCUT2D eigenvalue weighted by molar-refractivity contribution is -0.126. The average molecular weight is 225 g/mol. The monoisotopic (exact) mass is 225 g/mol. The van der Waals surface area contributed by atoms with Gasteiger partial charge in [-0.1, -0.05) is 20.8 Å². The quantitative estimate of drug-likeness (QED) is 0.787. The zero-order valence-corrected chi connectivity index (χ0v) is 11.0. The number of nitrogens with zero attached hydrogens (tertiary/aromatic N) is 1. The number of carbonyl (C=O) groups excluding carboxylic acids is 1. The lowest BCUT2D eigenvalue weighted by Gasteiger charge is -2.19. The largest absolute Gasteiger partial charge is 0.299 e. The Morgan fingerprint density at radius 2 is 2.00 bits per heavy atom. The molecule has 0 saturated carbocycles. The van der Waals surface area contributed by atoms with Crippen molar-refractivity contribution in [3.05, 3.63) is 15.6 Å².